The molecule has 0 N–H and O–H groups in total. The van der Waals surface area contributed by atoms with Gasteiger partial charge in [-0.25, -0.2) is 0 Å². The number of carbonyl (C=O) groups is 3. The van der Waals surface area contributed by atoms with Crippen molar-refractivity contribution in [1.82, 2.24) is 0 Å². The summed E-state index contributed by atoms with van der Waals surface area (Å²) in [6, 6.07) is 0. The van der Waals surface area contributed by atoms with Gasteiger partial charge in [-0.1, -0.05) is 292 Å². The molecule has 0 saturated carbocycles. The van der Waals surface area contributed by atoms with Crippen molar-refractivity contribution in [3.8, 4) is 0 Å². The van der Waals surface area contributed by atoms with E-state index in [1.54, 1.807) is 0 Å². The standard InChI is InChI=1S/C69H120O6/c1-4-7-10-13-16-19-22-25-27-28-29-30-31-32-33-34-35-36-37-38-39-40-41-42-43-45-47-50-53-56-59-62-68(71)74-65-66(64-73-67(70)61-58-55-52-49-46-24-21-18-15-12-9-6-3)75-69(72)63-60-57-54-51-48-44-26-23-20-17-14-11-8-5-2/h7,10,14,16-17,19,23,25-27,29-30,32-33,66H,4-6,8-9,11-13,15,18,20-22,24,28,31,34-65H2,1-3H3/b10-7-,17-14-,19-16-,26-23-,27-25-,30-29-,33-32-. The lowest BCUT2D eigenvalue weighted by molar-refractivity contribution is -0.167. The normalized spacial score (nSPS) is 12.6. The number of rotatable bonds is 58. The summed E-state index contributed by atoms with van der Waals surface area (Å²) in [7, 11) is 0. The van der Waals surface area contributed by atoms with Gasteiger partial charge in [-0.3, -0.25) is 14.4 Å². The Balaban J connectivity index is 4.16. The van der Waals surface area contributed by atoms with Crippen LogP contribution in [-0.2, 0) is 28.6 Å². The fourth-order valence-corrected chi connectivity index (χ4v) is 9.08. The van der Waals surface area contributed by atoms with E-state index in [0.29, 0.717) is 19.3 Å². The third kappa shape index (κ3) is 61.3. The van der Waals surface area contributed by atoms with E-state index in [0.717, 1.165) is 116 Å². The molecule has 0 aromatic carbocycles. The third-order valence-electron chi connectivity index (χ3n) is 13.9. The molecule has 0 aliphatic heterocycles. The second kappa shape index (κ2) is 63.1. The number of esters is 3. The fraction of sp³-hybridized carbons (Fsp3) is 0.754. The summed E-state index contributed by atoms with van der Waals surface area (Å²) < 4.78 is 16.9. The van der Waals surface area contributed by atoms with Crippen LogP contribution in [-0.4, -0.2) is 37.2 Å². The lowest BCUT2D eigenvalue weighted by Gasteiger charge is -2.18. The first-order chi connectivity index (χ1) is 37.0. The summed E-state index contributed by atoms with van der Waals surface area (Å²) in [4.78, 5) is 38.2. The summed E-state index contributed by atoms with van der Waals surface area (Å²) in [6.45, 7) is 6.50. The Morgan fingerprint density at radius 3 is 0.853 bits per heavy atom. The van der Waals surface area contributed by atoms with E-state index in [2.05, 4.69) is 106 Å². The maximum Gasteiger partial charge on any atom is 0.306 e. The molecule has 0 radical (unpaired) electrons. The lowest BCUT2D eigenvalue weighted by atomic mass is 10.0. The maximum atomic E-state index is 12.9. The predicted molar refractivity (Wildman–Crippen MR) is 325 cm³/mol. The molecule has 0 aromatic rings. The van der Waals surface area contributed by atoms with Crippen LogP contribution < -0.4 is 0 Å². The summed E-state index contributed by atoms with van der Waals surface area (Å²) >= 11 is 0. The van der Waals surface area contributed by atoms with Crippen LogP contribution in [0, 0.1) is 0 Å². The highest BCUT2D eigenvalue weighted by atomic mass is 16.6. The van der Waals surface area contributed by atoms with E-state index in [1.165, 1.54) is 161 Å². The molecule has 6 heteroatoms. The van der Waals surface area contributed by atoms with Gasteiger partial charge < -0.3 is 14.2 Å². The Hall–Kier alpha value is -3.41. The minimum atomic E-state index is -0.781. The average Bonchev–Trinajstić information content (AvgIpc) is 3.41. The number of hydrogen-bond acceptors (Lipinski definition) is 6. The highest BCUT2D eigenvalue weighted by Gasteiger charge is 2.19. The van der Waals surface area contributed by atoms with Crippen LogP contribution in [0.2, 0.25) is 0 Å². The Bertz CT molecular complexity index is 1430. The van der Waals surface area contributed by atoms with Gasteiger partial charge in [0.15, 0.2) is 6.10 Å². The van der Waals surface area contributed by atoms with Gasteiger partial charge in [0.05, 0.1) is 0 Å². The van der Waals surface area contributed by atoms with Crippen molar-refractivity contribution in [3.05, 3.63) is 85.1 Å². The van der Waals surface area contributed by atoms with Gasteiger partial charge >= 0.3 is 17.9 Å². The first kappa shape index (κ1) is 71.6. The van der Waals surface area contributed by atoms with E-state index in [4.69, 9.17) is 14.2 Å². The third-order valence-corrected chi connectivity index (χ3v) is 13.9. The number of allylic oxidation sites excluding steroid dienone is 14. The van der Waals surface area contributed by atoms with E-state index in [9.17, 15) is 14.4 Å². The van der Waals surface area contributed by atoms with Crippen LogP contribution in [0.15, 0.2) is 85.1 Å². The summed E-state index contributed by atoms with van der Waals surface area (Å²) in [5.41, 5.74) is 0. The van der Waals surface area contributed by atoms with Crippen molar-refractivity contribution in [2.75, 3.05) is 13.2 Å². The quantitative estimate of drug-likeness (QED) is 0.0261. The molecule has 0 spiro atoms. The first-order valence-electron chi connectivity index (χ1n) is 32.1. The number of carbonyl (C=O) groups excluding carboxylic acids is 3. The smallest absolute Gasteiger partial charge is 0.306 e. The van der Waals surface area contributed by atoms with E-state index < -0.39 is 6.10 Å². The molecule has 0 bridgehead atoms. The number of ether oxygens (including phenoxy) is 3. The van der Waals surface area contributed by atoms with Crippen LogP contribution in [0.1, 0.15) is 316 Å². The van der Waals surface area contributed by atoms with Crippen molar-refractivity contribution in [3.63, 3.8) is 0 Å². The minimum absolute atomic E-state index is 0.0777. The van der Waals surface area contributed by atoms with Crippen molar-refractivity contribution in [2.24, 2.45) is 0 Å². The van der Waals surface area contributed by atoms with Gasteiger partial charge in [-0.05, 0) is 89.9 Å². The Labute approximate surface area is 465 Å². The molecule has 1 atom stereocenters. The van der Waals surface area contributed by atoms with Crippen LogP contribution in [0.3, 0.4) is 0 Å². The molecule has 1 unspecified atom stereocenters. The lowest BCUT2D eigenvalue weighted by Crippen LogP contribution is -2.30. The van der Waals surface area contributed by atoms with Crippen molar-refractivity contribution in [1.29, 1.82) is 0 Å². The second-order valence-electron chi connectivity index (χ2n) is 21.3. The van der Waals surface area contributed by atoms with Crippen LogP contribution >= 0.6 is 0 Å². The zero-order valence-electron chi connectivity index (χ0n) is 49.6. The molecule has 6 nitrogen and oxygen atoms in total. The Morgan fingerprint density at radius 1 is 0.280 bits per heavy atom. The molecule has 0 amide bonds. The van der Waals surface area contributed by atoms with Crippen LogP contribution in [0.25, 0.3) is 0 Å². The Kier molecular flexibility index (Phi) is 60.3. The molecule has 0 aromatic heterocycles. The fourth-order valence-electron chi connectivity index (χ4n) is 9.08. The maximum absolute atomic E-state index is 12.9. The summed E-state index contributed by atoms with van der Waals surface area (Å²) in [5.74, 6) is -0.880. The zero-order chi connectivity index (χ0) is 54.3. The van der Waals surface area contributed by atoms with E-state index in [1.807, 2.05) is 0 Å². The first-order valence-corrected chi connectivity index (χ1v) is 32.1. The number of hydrogen-bond donors (Lipinski definition) is 0. The van der Waals surface area contributed by atoms with Crippen LogP contribution in [0.4, 0.5) is 0 Å². The predicted octanol–water partition coefficient (Wildman–Crippen LogP) is 21.9. The van der Waals surface area contributed by atoms with Crippen molar-refractivity contribution >= 4 is 17.9 Å². The summed E-state index contributed by atoms with van der Waals surface area (Å²) in [6.07, 6.45) is 83.1. The Morgan fingerprint density at radius 2 is 0.533 bits per heavy atom. The summed E-state index contributed by atoms with van der Waals surface area (Å²) in [5, 5.41) is 0. The molecule has 0 heterocycles. The molecular formula is C69H120O6. The minimum Gasteiger partial charge on any atom is -0.462 e. The van der Waals surface area contributed by atoms with Crippen LogP contribution in [0.5, 0.6) is 0 Å². The largest absolute Gasteiger partial charge is 0.462 e. The number of unbranched alkanes of at least 4 members (excludes halogenated alkanes) is 33. The van der Waals surface area contributed by atoms with Gasteiger partial charge in [0.2, 0.25) is 0 Å². The van der Waals surface area contributed by atoms with Gasteiger partial charge in [-0.2, -0.15) is 0 Å². The SMILES string of the molecule is CC/C=C\C/C=C\C/C=C\C/C=C\C/C=C\CCCCCCCCCCCCCCCCCC(=O)OCC(COC(=O)CCCCCCCCCCCCCC)OC(=O)CCCCCCC/C=C\C/C=C\CCCC. The molecule has 432 valence electrons. The van der Waals surface area contributed by atoms with E-state index in [-0.39, 0.29) is 31.1 Å². The molecule has 0 fully saturated rings. The van der Waals surface area contributed by atoms with E-state index >= 15 is 0 Å². The molecular weight excluding hydrogens is 925 g/mol. The van der Waals surface area contributed by atoms with Crippen molar-refractivity contribution < 1.29 is 28.6 Å². The molecule has 0 saturated heterocycles. The molecule has 0 aliphatic carbocycles. The van der Waals surface area contributed by atoms with Gasteiger partial charge in [0, 0.05) is 19.3 Å². The molecule has 0 rings (SSSR count). The zero-order valence-corrected chi connectivity index (χ0v) is 49.6. The highest BCUT2D eigenvalue weighted by molar-refractivity contribution is 5.71. The molecule has 0 aliphatic rings. The average molecular weight is 1050 g/mol. The topological polar surface area (TPSA) is 78.9 Å². The second-order valence-corrected chi connectivity index (χ2v) is 21.3. The van der Waals surface area contributed by atoms with Gasteiger partial charge in [0.25, 0.3) is 0 Å². The molecule has 75 heavy (non-hydrogen) atoms. The highest BCUT2D eigenvalue weighted by Crippen LogP contribution is 2.17. The van der Waals surface area contributed by atoms with Crippen molar-refractivity contribution in [2.45, 2.75) is 322 Å². The monoisotopic (exact) mass is 1040 g/mol. The van der Waals surface area contributed by atoms with Gasteiger partial charge in [-0.15, -0.1) is 0 Å². The van der Waals surface area contributed by atoms with Gasteiger partial charge in [0.1, 0.15) is 13.2 Å².